The van der Waals surface area contributed by atoms with Crippen molar-refractivity contribution in [2.45, 2.75) is 52.6 Å². The van der Waals surface area contributed by atoms with E-state index in [0.717, 1.165) is 0 Å². The molecule has 3 heteroatoms. The Balaban J connectivity index is 2.99. The first-order chi connectivity index (χ1) is 5.21. The third-order valence-electron chi connectivity index (χ3n) is 3.88. The maximum atomic E-state index is 3.24. The van der Waals surface area contributed by atoms with Gasteiger partial charge in [-0.1, -0.05) is 13.8 Å². The summed E-state index contributed by atoms with van der Waals surface area (Å²) in [6.07, 6.45) is 0. The number of hydrogen-bond donors (Lipinski definition) is 3. The quantitative estimate of drug-likeness (QED) is 0.512. The van der Waals surface area contributed by atoms with Gasteiger partial charge in [-0.2, -0.15) is 5.53 Å². The van der Waals surface area contributed by atoms with Gasteiger partial charge in [0.15, 0.2) is 0 Å². The monoisotopic (exact) mass is 171 g/mol. The fraction of sp³-hybridized carbons (Fsp3) is 1.00. The molecular weight excluding hydrogens is 150 g/mol. The molecule has 3 N–H and O–H groups in total. The Morgan fingerprint density at radius 3 is 1.25 bits per heavy atom. The molecule has 12 heavy (non-hydrogen) atoms. The fourth-order valence-electron chi connectivity index (χ4n) is 1.44. The molecule has 0 bridgehead atoms. The summed E-state index contributed by atoms with van der Waals surface area (Å²) >= 11 is 0. The number of nitrogens with one attached hydrogen (secondary N) is 3. The van der Waals surface area contributed by atoms with E-state index in [9.17, 15) is 0 Å². The average molecular weight is 171 g/mol. The summed E-state index contributed by atoms with van der Waals surface area (Å²) in [7, 11) is 0. The van der Waals surface area contributed by atoms with Gasteiger partial charge in [-0.05, 0) is 27.7 Å². The van der Waals surface area contributed by atoms with Gasteiger partial charge in [0.25, 0.3) is 0 Å². The van der Waals surface area contributed by atoms with Crippen molar-refractivity contribution in [2.24, 2.45) is 5.41 Å². The molecule has 1 rings (SSSR count). The smallest absolute Gasteiger partial charge is 0.0349 e. The van der Waals surface area contributed by atoms with Crippen LogP contribution in [0.4, 0.5) is 0 Å². The Labute approximate surface area is 75.2 Å². The summed E-state index contributed by atoms with van der Waals surface area (Å²) in [5, 5.41) is 0. The van der Waals surface area contributed by atoms with Crippen LogP contribution in [0.25, 0.3) is 0 Å². The molecule has 1 saturated heterocycles. The second-order valence-corrected chi connectivity index (χ2v) is 5.25. The molecule has 0 atom stereocenters. The summed E-state index contributed by atoms with van der Waals surface area (Å²) in [5.74, 6) is 0. The summed E-state index contributed by atoms with van der Waals surface area (Å²) in [4.78, 5) is 0. The molecule has 1 aliphatic rings. The van der Waals surface area contributed by atoms with E-state index in [-0.39, 0.29) is 16.5 Å². The lowest BCUT2D eigenvalue weighted by Crippen LogP contribution is -2.77. The highest BCUT2D eigenvalue weighted by molar-refractivity contribution is 5.06. The summed E-state index contributed by atoms with van der Waals surface area (Å²) in [6, 6.07) is 0. The maximum Gasteiger partial charge on any atom is 0.0349 e. The van der Waals surface area contributed by atoms with Crippen LogP contribution in [0, 0.1) is 5.41 Å². The molecule has 0 unspecified atom stereocenters. The molecule has 0 radical (unpaired) electrons. The Morgan fingerprint density at radius 2 is 1.00 bits per heavy atom. The second kappa shape index (κ2) is 2.44. The molecule has 0 spiro atoms. The van der Waals surface area contributed by atoms with E-state index in [1.54, 1.807) is 0 Å². The molecule has 0 saturated carbocycles. The SMILES string of the molecule is CC1(C)NNNC(C)(C)C1(C)C. The van der Waals surface area contributed by atoms with E-state index in [4.69, 9.17) is 0 Å². The van der Waals surface area contributed by atoms with Crippen molar-refractivity contribution in [2.75, 3.05) is 0 Å². The molecule has 0 amide bonds. The van der Waals surface area contributed by atoms with E-state index < -0.39 is 0 Å². The molecular formula is C9H21N3. The van der Waals surface area contributed by atoms with Crippen molar-refractivity contribution < 1.29 is 0 Å². The zero-order chi connectivity index (χ0) is 9.62. The summed E-state index contributed by atoms with van der Waals surface area (Å²) in [5.41, 5.74) is 9.86. The first-order valence-corrected chi connectivity index (χ1v) is 4.50. The predicted octanol–water partition coefficient (Wildman–Crippen LogP) is 1.18. The molecule has 0 aliphatic carbocycles. The van der Waals surface area contributed by atoms with Gasteiger partial charge in [0.2, 0.25) is 0 Å². The third-order valence-corrected chi connectivity index (χ3v) is 3.88. The van der Waals surface area contributed by atoms with E-state index >= 15 is 0 Å². The lowest BCUT2D eigenvalue weighted by Gasteiger charge is -2.56. The van der Waals surface area contributed by atoms with Gasteiger partial charge in [0.05, 0.1) is 0 Å². The Kier molecular flexibility index (Phi) is 2.02. The van der Waals surface area contributed by atoms with Crippen LogP contribution >= 0.6 is 0 Å². The van der Waals surface area contributed by atoms with Crippen molar-refractivity contribution >= 4 is 0 Å². The Bertz CT molecular complexity index is 164. The zero-order valence-electron chi connectivity index (χ0n) is 9.00. The second-order valence-electron chi connectivity index (χ2n) is 5.25. The third kappa shape index (κ3) is 1.16. The van der Waals surface area contributed by atoms with Crippen molar-refractivity contribution in [3.05, 3.63) is 0 Å². The molecule has 1 aliphatic heterocycles. The lowest BCUT2D eigenvalue weighted by molar-refractivity contribution is -0.0271. The highest BCUT2D eigenvalue weighted by atomic mass is 15.6. The zero-order valence-corrected chi connectivity index (χ0v) is 9.00. The van der Waals surface area contributed by atoms with Gasteiger partial charge >= 0.3 is 0 Å². The van der Waals surface area contributed by atoms with Crippen LogP contribution in [-0.2, 0) is 0 Å². The fourth-order valence-corrected chi connectivity index (χ4v) is 1.44. The van der Waals surface area contributed by atoms with Gasteiger partial charge in [0.1, 0.15) is 0 Å². The highest BCUT2D eigenvalue weighted by Gasteiger charge is 2.50. The lowest BCUT2D eigenvalue weighted by atomic mass is 9.63. The van der Waals surface area contributed by atoms with E-state index in [0.29, 0.717) is 0 Å². The van der Waals surface area contributed by atoms with Crippen molar-refractivity contribution in [1.82, 2.24) is 16.4 Å². The van der Waals surface area contributed by atoms with Crippen molar-refractivity contribution in [1.29, 1.82) is 0 Å². The van der Waals surface area contributed by atoms with Crippen molar-refractivity contribution in [3.8, 4) is 0 Å². The number of hydrogen-bond acceptors (Lipinski definition) is 3. The standard InChI is InChI=1S/C9H21N3/c1-7(2)8(3,4)10-12-11-9(7,5)6/h10-12H,1-6H3. The van der Waals surface area contributed by atoms with Gasteiger partial charge in [-0.15, -0.1) is 0 Å². The first kappa shape index (κ1) is 9.96. The average Bonchev–Trinajstić information content (AvgIpc) is 1.83. The van der Waals surface area contributed by atoms with Crippen LogP contribution < -0.4 is 16.4 Å². The molecule has 1 heterocycles. The van der Waals surface area contributed by atoms with Gasteiger partial charge in [-0.3, -0.25) is 0 Å². The van der Waals surface area contributed by atoms with Gasteiger partial charge in [0, 0.05) is 16.5 Å². The molecule has 0 aromatic heterocycles. The summed E-state index contributed by atoms with van der Waals surface area (Å²) < 4.78 is 0. The molecule has 1 fully saturated rings. The van der Waals surface area contributed by atoms with E-state index in [1.807, 2.05) is 0 Å². The predicted molar refractivity (Wildman–Crippen MR) is 51.3 cm³/mol. The largest absolute Gasteiger partial charge is 0.238 e. The maximum absolute atomic E-state index is 3.24. The van der Waals surface area contributed by atoms with Crippen LogP contribution in [0.2, 0.25) is 0 Å². The highest BCUT2D eigenvalue weighted by Crippen LogP contribution is 2.41. The van der Waals surface area contributed by atoms with Gasteiger partial charge < -0.3 is 0 Å². The van der Waals surface area contributed by atoms with E-state index in [2.05, 4.69) is 57.9 Å². The minimum atomic E-state index is 0.0851. The Morgan fingerprint density at radius 1 is 0.667 bits per heavy atom. The molecule has 72 valence electrons. The summed E-state index contributed by atoms with van der Waals surface area (Å²) in [6.45, 7) is 13.4. The van der Waals surface area contributed by atoms with E-state index in [1.165, 1.54) is 0 Å². The molecule has 0 aromatic carbocycles. The first-order valence-electron chi connectivity index (χ1n) is 4.50. The number of rotatable bonds is 0. The van der Waals surface area contributed by atoms with Crippen LogP contribution in [0.3, 0.4) is 0 Å². The Hall–Kier alpha value is -0.120. The number of hydrazine groups is 2. The van der Waals surface area contributed by atoms with Crippen LogP contribution in [-0.4, -0.2) is 11.1 Å². The topological polar surface area (TPSA) is 36.1 Å². The van der Waals surface area contributed by atoms with Gasteiger partial charge in [-0.25, -0.2) is 10.9 Å². The minimum absolute atomic E-state index is 0.0851. The molecule has 3 nitrogen and oxygen atoms in total. The normalized spacial score (nSPS) is 31.5. The van der Waals surface area contributed by atoms with Crippen LogP contribution in [0.15, 0.2) is 0 Å². The minimum Gasteiger partial charge on any atom is -0.238 e. The van der Waals surface area contributed by atoms with Crippen LogP contribution in [0.5, 0.6) is 0 Å². The van der Waals surface area contributed by atoms with Crippen LogP contribution in [0.1, 0.15) is 41.5 Å². The molecule has 0 aromatic rings. The van der Waals surface area contributed by atoms with Crippen molar-refractivity contribution in [3.63, 3.8) is 0 Å².